The molecule has 1 unspecified atom stereocenters. The van der Waals surface area contributed by atoms with E-state index in [-0.39, 0.29) is 18.9 Å². The monoisotopic (exact) mass is 721 g/mol. The van der Waals surface area contributed by atoms with E-state index in [2.05, 4.69) is 36.6 Å². The van der Waals surface area contributed by atoms with E-state index in [4.69, 9.17) is 14.2 Å². The van der Waals surface area contributed by atoms with Crippen molar-refractivity contribution in [2.24, 2.45) is 0 Å². The van der Waals surface area contributed by atoms with Gasteiger partial charge in [0.1, 0.15) is 11.9 Å². The lowest BCUT2D eigenvalue weighted by atomic mass is 10.0. The fourth-order valence-electron chi connectivity index (χ4n) is 6.64. The molecule has 284 valence electrons. The van der Waals surface area contributed by atoms with E-state index >= 15 is 0 Å². The van der Waals surface area contributed by atoms with E-state index in [9.17, 15) is 9.59 Å². The van der Waals surface area contributed by atoms with Crippen molar-refractivity contribution < 1.29 is 23.8 Å². The van der Waals surface area contributed by atoms with Crippen molar-refractivity contribution in [3.8, 4) is 5.75 Å². The molecule has 0 aliphatic carbocycles. The van der Waals surface area contributed by atoms with Gasteiger partial charge in [-0.2, -0.15) is 11.3 Å². The lowest BCUT2D eigenvalue weighted by molar-refractivity contribution is -0.152. The second-order valence-corrected chi connectivity index (χ2v) is 15.0. The minimum absolute atomic E-state index is 0.218. The number of fused-ring (bicyclic) bond motifs is 1. The van der Waals surface area contributed by atoms with Crippen molar-refractivity contribution in [2.45, 2.75) is 161 Å². The van der Waals surface area contributed by atoms with Gasteiger partial charge in [-0.3, -0.25) is 4.79 Å². The molecule has 0 aliphatic heterocycles. The Morgan fingerprint density at radius 3 is 1.78 bits per heavy atom. The highest BCUT2D eigenvalue weighted by atomic mass is 32.1. The third kappa shape index (κ3) is 18.8. The number of carbonyl (C=O) groups is 2. The molecule has 51 heavy (non-hydrogen) atoms. The highest BCUT2D eigenvalue weighted by Crippen LogP contribution is 2.32. The van der Waals surface area contributed by atoms with Crippen LogP contribution < -0.4 is 4.74 Å². The van der Waals surface area contributed by atoms with Crippen LogP contribution in [0.25, 0.3) is 10.8 Å². The summed E-state index contributed by atoms with van der Waals surface area (Å²) >= 11 is 1.62. The smallest absolute Gasteiger partial charge is 0.412 e. The zero-order valence-electron chi connectivity index (χ0n) is 31.9. The third-order valence-corrected chi connectivity index (χ3v) is 10.6. The van der Waals surface area contributed by atoms with Gasteiger partial charge in [-0.1, -0.05) is 172 Å². The fourth-order valence-corrected chi connectivity index (χ4v) is 7.34. The van der Waals surface area contributed by atoms with Crippen molar-refractivity contribution in [3.05, 3.63) is 64.9 Å². The molecule has 1 amide bonds. The number of nitrogens with zero attached hydrogens (tertiary/aromatic N) is 1. The Labute approximate surface area is 313 Å². The molecule has 0 aliphatic rings. The largest absolute Gasteiger partial charge is 0.485 e. The second-order valence-electron chi connectivity index (χ2n) is 14.2. The highest BCUT2D eigenvalue weighted by Gasteiger charge is 2.19. The maximum absolute atomic E-state index is 12.6. The molecule has 7 heteroatoms. The van der Waals surface area contributed by atoms with Gasteiger partial charge in [0.2, 0.25) is 6.79 Å². The van der Waals surface area contributed by atoms with Crippen molar-refractivity contribution in [2.75, 3.05) is 20.4 Å². The molecule has 0 saturated carbocycles. The maximum Gasteiger partial charge on any atom is 0.412 e. The fraction of sp³-hybridized carbons (Fsp3) is 0.636. The predicted molar refractivity (Wildman–Crippen MR) is 214 cm³/mol. The summed E-state index contributed by atoms with van der Waals surface area (Å²) in [6.07, 6.45) is 28.2. The first kappa shape index (κ1) is 42.4. The Balaban J connectivity index is 1.13. The summed E-state index contributed by atoms with van der Waals surface area (Å²) in [4.78, 5) is 26.3. The zero-order chi connectivity index (χ0) is 36.2. The van der Waals surface area contributed by atoms with Crippen LogP contribution in [0, 0.1) is 0 Å². The number of ether oxygens (including phenoxy) is 3. The first-order valence-corrected chi connectivity index (χ1v) is 21.2. The molecule has 0 fully saturated rings. The Hall–Kier alpha value is -3.06. The first-order valence-electron chi connectivity index (χ1n) is 20.3. The van der Waals surface area contributed by atoms with Crippen LogP contribution in [0.4, 0.5) is 4.79 Å². The number of benzene rings is 2. The summed E-state index contributed by atoms with van der Waals surface area (Å²) in [5.74, 6) is 0.501. The van der Waals surface area contributed by atoms with Gasteiger partial charge in [-0.05, 0) is 34.7 Å². The summed E-state index contributed by atoms with van der Waals surface area (Å²) in [5.41, 5.74) is 1.07. The number of hydrogen-bond acceptors (Lipinski definition) is 6. The van der Waals surface area contributed by atoms with Gasteiger partial charge >= 0.3 is 12.1 Å². The Morgan fingerprint density at radius 1 is 0.667 bits per heavy atom. The topological polar surface area (TPSA) is 65.1 Å². The average molecular weight is 722 g/mol. The van der Waals surface area contributed by atoms with Gasteiger partial charge in [0.25, 0.3) is 0 Å². The predicted octanol–water partition coefficient (Wildman–Crippen LogP) is 13.6. The quantitative estimate of drug-likeness (QED) is 0.0389. The number of carbonyl (C=O) groups excluding carboxylic acids is 2. The second kappa shape index (κ2) is 27.6. The van der Waals surface area contributed by atoms with Gasteiger partial charge in [-0.15, -0.1) is 0 Å². The van der Waals surface area contributed by atoms with Crippen molar-refractivity contribution in [3.63, 3.8) is 0 Å². The number of esters is 1. The number of hydrogen-bond donors (Lipinski definition) is 0. The number of thiophene rings is 1. The van der Waals surface area contributed by atoms with E-state index in [0.29, 0.717) is 19.4 Å². The molecule has 0 radical (unpaired) electrons. The first-order chi connectivity index (χ1) is 25.1. The molecule has 1 atom stereocenters. The van der Waals surface area contributed by atoms with E-state index in [1.54, 1.807) is 18.4 Å². The average Bonchev–Trinajstić information content (AvgIpc) is 3.69. The Kier molecular flexibility index (Phi) is 22.9. The summed E-state index contributed by atoms with van der Waals surface area (Å²) in [6, 6.07) is 16.3. The van der Waals surface area contributed by atoms with Crippen LogP contribution in [-0.2, 0) is 14.3 Å². The Morgan fingerprint density at radius 2 is 1.22 bits per heavy atom. The molecule has 0 bridgehead atoms. The van der Waals surface area contributed by atoms with E-state index in [0.717, 1.165) is 41.3 Å². The van der Waals surface area contributed by atoms with Gasteiger partial charge in [0.05, 0.1) is 0 Å². The van der Waals surface area contributed by atoms with E-state index < -0.39 is 6.09 Å². The van der Waals surface area contributed by atoms with Crippen LogP contribution in [0.1, 0.15) is 166 Å². The maximum atomic E-state index is 12.6. The lowest BCUT2D eigenvalue weighted by Crippen LogP contribution is -2.30. The van der Waals surface area contributed by atoms with E-state index in [1.807, 2.05) is 29.6 Å². The standard InChI is InChI=1S/C44H67NO5S/c1-3-4-5-6-7-8-9-10-11-12-13-14-15-16-17-18-19-20-21-22-23-31-43(46)48-37-49-44(47)45(2)34-32-41(39-33-35-51-36-39)50-42-30-26-28-38-27-24-25-29-40(38)42/h24-30,33,35-36,41H,3-23,31-32,34,37H2,1-2H3. The van der Waals surface area contributed by atoms with Crippen molar-refractivity contribution in [1.29, 1.82) is 0 Å². The highest BCUT2D eigenvalue weighted by molar-refractivity contribution is 7.08. The third-order valence-electron chi connectivity index (χ3n) is 9.86. The summed E-state index contributed by atoms with van der Waals surface area (Å²) in [7, 11) is 1.69. The van der Waals surface area contributed by atoms with Gasteiger partial charge in [-0.25, -0.2) is 4.79 Å². The molecule has 2 aromatic carbocycles. The van der Waals surface area contributed by atoms with E-state index in [1.165, 1.54) is 120 Å². The molecule has 1 aromatic heterocycles. The molecule has 6 nitrogen and oxygen atoms in total. The molecule has 0 saturated heterocycles. The molecular weight excluding hydrogens is 655 g/mol. The summed E-state index contributed by atoms with van der Waals surface area (Å²) in [5, 5.41) is 6.29. The molecule has 3 aromatic rings. The van der Waals surface area contributed by atoms with Crippen molar-refractivity contribution in [1.82, 2.24) is 4.90 Å². The van der Waals surface area contributed by atoms with Gasteiger partial charge < -0.3 is 19.1 Å². The van der Waals surface area contributed by atoms with Gasteiger partial charge in [0.15, 0.2) is 0 Å². The normalized spacial score (nSPS) is 11.8. The van der Waals surface area contributed by atoms with Crippen LogP contribution >= 0.6 is 11.3 Å². The molecule has 0 N–H and O–H groups in total. The molecular formula is C44H67NO5S. The molecule has 0 spiro atoms. The minimum atomic E-state index is -0.522. The van der Waals surface area contributed by atoms with Crippen LogP contribution in [0.3, 0.4) is 0 Å². The Bertz CT molecular complexity index is 1310. The number of rotatable bonds is 30. The molecule has 1 heterocycles. The number of amides is 1. The minimum Gasteiger partial charge on any atom is -0.485 e. The summed E-state index contributed by atoms with van der Waals surface area (Å²) < 4.78 is 16.9. The molecule has 3 rings (SSSR count). The number of unbranched alkanes of at least 4 members (excludes halogenated alkanes) is 20. The van der Waals surface area contributed by atoms with Crippen molar-refractivity contribution >= 4 is 34.2 Å². The van der Waals surface area contributed by atoms with Gasteiger partial charge in [0, 0.05) is 37.4 Å². The lowest BCUT2D eigenvalue weighted by Gasteiger charge is -2.23. The van der Waals surface area contributed by atoms with Crippen LogP contribution in [0.15, 0.2) is 59.3 Å². The van der Waals surface area contributed by atoms with Crippen LogP contribution in [-0.4, -0.2) is 37.3 Å². The van der Waals surface area contributed by atoms with Crippen LogP contribution in [0.5, 0.6) is 5.75 Å². The van der Waals surface area contributed by atoms with Crippen LogP contribution in [0.2, 0.25) is 0 Å². The SMILES string of the molecule is CCCCCCCCCCCCCCCCCCCCCCCC(=O)OCOC(=O)N(C)CCC(Oc1cccc2ccccc12)c1ccsc1. The zero-order valence-corrected chi connectivity index (χ0v) is 32.7. The summed E-state index contributed by atoms with van der Waals surface area (Å²) in [6.45, 7) is 2.35.